The zero-order valence-corrected chi connectivity index (χ0v) is 11.6. The third-order valence-electron chi connectivity index (χ3n) is 3.38. The number of rotatable bonds is 4. The zero-order chi connectivity index (χ0) is 13.1. The molecule has 2 heterocycles. The van der Waals surface area contributed by atoms with Crippen molar-refractivity contribution in [2.45, 2.75) is 19.4 Å². The Morgan fingerprint density at radius 2 is 1.94 bits per heavy atom. The maximum Gasteiger partial charge on any atom is 0.232 e. The molecule has 0 amide bonds. The van der Waals surface area contributed by atoms with Gasteiger partial charge >= 0.3 is 0 Å². The molecule has 18 heavy (non-hydrogen) atoms. The van der Waals surface area contributed by atoms with Crippen LogP contribution in [0.4, 0.5) is 5.95 Å². The fraction of sp³-hybridized carbons (Fsp3) is 0.667. The van der Waals surface area contributed by atoms with Gasteiger partial charge in [-0.05, 0) is 12.3 Å². The van der Waals surface area contributed by atoms with Gasteiger partial charge in [-0.3, -0.25) is 0 Å². The van der Waals surface area contributed by atoms with E-state index < -0.39 is 0 Å². The third kappa shape index (κ3) is 2.46. The number of alkyl halides is 1. The van der Waals surface area contributed by atoms with E-state index in [0.29, 0.717) is 29.5 Å². The molecule has 2 atom stereocenters. The van der Waals surface area contributed by atoms with Crippen LogP contribution < -0.4 is 14.4 Å². The van der Waals surface area contributed by atoms with Gasteiger partial charge in [0.25, 0.3) is 0 Å². The van der Waals surface area contributed by atoms with E-state index in [9.17, 15) is 0 Å². The van der Waals surface area contributed by atoms with Crippen molar-refractivity contribution < 1.29 is 9.47 Å². The Morgan fingerprint density at radius 3 is 2.44 bits per heavy atom. The molecule has 1 aromatic rings. The van der Waals surface area contributed by atoms with E-state index in [-0.39, 0.29) is 6.04 Å². The van der Waals surface area contributed by atoms with Crippen molar-refractivity contribution in [3.63, 3.8) is 0 Å². The molecule has 1 aromatic heterocycles. The number of methoxy groups -OCH3 is 2. The van der Waals surface area contributed by atoms with E-state index in [1.165, 1.54) is 0 Å². The van der Waals surface area contributed by atoms with Gasteiger partial charge in [0.05, 0.1) is 20.3 Å². The summed E-state index contributed by atoms with van der Waals surface area (Å²) in [5.74, 6) is 2.75. The molecule has 1 fully saturated rings. The molecule has 100 valence electrons. The van der Waals surface area contributed by atoms with Gasteiger partial charge in [0, 0.05) is 18.5 Å². The highest BCUT2D eigenvalue weighted by Crippen LogP contribution is 2.30. The summed E-state index contributed by atoms with van der Waals surface area (Å²) in [6, 6.07) is 1.93. The number of hydrogen-bond donors (Lipinski definition) is 0. The SMILES string of the molecule is COc1cc(OC)nc(N2CCC(C)C2CCl)n1. The molecule has 0 spiro atoms. The lowest BCUT2D eigenvalue weighted by molar-refractivity contribution is 0.371. The Morgan fingerprint density at radius 1 is 1.33 bits per heavy atom. The quantitative estimate of drug-likeness (QED) is 0.784. The molecule has 5 nitrogen and oxygen atoms in total. The fourth-order valence-corrected chi connectivity index (χ4v) is 2.69. The average Bonchev–Trinajstić information content (AvgIpc) is 2.79. The molecule has 0 N–H and O–H groups in total. The first-order chi connectivity index (χ1) is 8.69. The van der Waals surface area contributed by atoms with Crippen molar-refractivity contribution in [2.24, 2.45) is 5.92 Å². The molecular weight excluding hydrogens is 254 g/mol. The molecule has 2 rings (SSSR count). The summed E-state index contributed by atoms with van der Waals surface area (Å²) in [5, 5.41) is 0. The predicted octanol–water partition coefficient (Wildman–Crippen LogP) is 1.95. The van der Waals surface area contributed by atoms with Crippen LogP contribution in [0.2, 0.25) is 0 Å². The molecular formula is C12H18ClN3O2. The number of nitrogens with zero attached hydrogens (tertiary/aromatic N) is 3. The normalized spacial score (nSPS) is 23.2. The van der Waals surface area contributed by atoms with Crippen LogP contribution in [0.15, 0.2) is 6.07 Å². The summed E-state index contributed by atoms with van der Waals surface area (Å²) < 4.78 is 10.3. The average molecular weight is 272 g/mol. The van der Waals surface area contributed by atoms with Crippen molar-refractivity contribution in [3.05, 3.63) is 6.07 Å². The largest absolute Gasteiger partial charge is 0.481 e. The van der Waals surface area contributed by atoms with Crippen LogP contribution in [0.5, 0.6) is 11.8 Å². The summed E-state index contributed by atoms with van der Waals surface area (Å²) in [5.41, 5.74) is 0. The van der Waals surface area contributed by atoms with Gasteiger partial charge in [-0.25, -0.2) is 0 Å². The van der Waals surface area contributed by atoms with Crippen molar-refractivity contribution in [2.75, 3.05) is 31.5 Å². The Labute approximate surface area is 112 Å². The number of aromatic nitrogens is 2. The van der Waals surface area contributed by atoms with E-state index in [2.05, 4.69) is 21.8 Å². The first-order valence-electron chi connectivity index (χ1n) is 5.99. The lowest BCUT2D eigenvalue weighted by Crippen LogP contribution is -2.34. The lowest BCUT2D eigenvalue weighted by atomic mass is 10.1. The minimum Gasteiger partial charge on any atom is -0.481 e. The highest BCUT2D eigenvalue weighted by Gasteiger charge is 2.32. The number of ether oxygens (including phenoxy) is 2. The van der Waals surface area contributed by atoms with E-state index in [0.717, 1.165) is 13.0 Å². The van der Waals surface area contributed by atoms with Crippen LogP contribution in [-0.4, -0.2) is 42.7 Å². The first kappa shape index (κ1) is 13.2. The Hall–Kier alpha value is -1.23. The number of anilines is 1. The molecule has 0 saturated carbocycles. The molecule has 0 bridgehead atoms. The van der Waals surface area contributed by atoms with Crippen LogP contribution in [0, 0.1) is 5.92 Å². The van der Waals surface area contributed by atoms with Gasteiger partial charge in [-0.15, -0.1) is 11.6 Å². The molecule has 6 heteroatoms. The van der Waals surface area contributed by atoms with Crippen LogP contribution in [-0.2, 0) is 0 Å². The molecule has 0 aliphatic carbocycles. The maximum atomic E-state index is 6.03. The summed E-state index contributed by atoms with van der Waals surface area (Å²) in [6.07, 6.45) is 1.10. The zero-order valence-electron chi connectivity index (χ0n) is 10.9. The van der Waals surface area contributed by atoms with Crippen LogP contribution in [0.1, 0.15) is 13.3 Å². The molecule has 2 unspecified atom stereocenters. The standard InChI is InChI=1S/C12H18ClN3O2/c1-8-4-5-16(9(8)7-13)12-14-10(17-2)6-11(15-12)18-3/h6,8-9H,4-5,7H2,1-3H3. The molecule has 1 saturated heterocycles. The second-order valence-electron chi connectivity index (χ2n) is 4.43. The summed E-state index contributed by atoms with van der Waals surface area (Å²) in [6.45, 7) is 3.11. The highest BCUT2D eigenvalue weighted by atomic mass is 35.5. The predicted molar refractivity (Wildman–Crippen MR) is 70.8 cm³/mol. The topological polar surface area (TPSA) is 47.5 Å². The number of halogens is 1. The smallest absolute Gasteiger partial charge is 0.232 e. The summed E-state index contributed by atoms with van der Waals surface area (Å²) >= 11 is 6.03. The second kappa shape index (κ2) is 5.61. The molecule has 0 radical (unpaired) electrons. The minimum atomic E-state index is 0.267. The van der Waals surface area contributed by atoms with Crippen molar-refractivity contribution >= 4 is 17.5 Å². The fourth-order valence-electron chi connectivity index (χ4n) is 2.22. The van der Waals surface area contributed by atoms with Gasteiger partial charge in [0.15, 0.2) is 0 Å². The number of hydrogen-bond acceptors (Lipinski definition) is 5. The van der Waals surface area contributed by atoms with E-state index >= 15 is 0 Å². The van der Waals surface area contributed by atoms with Crippen molar-refractivity contribution in [1.29, 1.82) is 0 Å². The Kier molecular flexibility index (Phi) is 4.11. The Bertz CT molecular complexity index is 394. The highest BCUT2D eigenvalue weighted by molar-refractivity contribution is 6.18. The molecule has 0 aromatic carbocycles. The van der Waals surface area contributed by atoms with Gasteiger partial charge in [0.2, 0.25) is 17.7 Å². The van der Waals surface area contributed by atoms with E-state index in [1.807, 2.05) is 0 Å². The van der Waals surface area contributed by atoms with Gasteiger partial charge in [0.1, 0.15) is 0 Å². The van der Waals surface area contributed by atoms with Crippen LogP contribution in [0.25, 0.3) is 0 Å². The summed E-state index contributed by atoms with van der Waals surface area (Å²) in [7, 11) is 3.16. The molecule has 1 aliphatic heterocycles. The maximum absolute atomic E-state index is 6.03. The minimum absolute atomic E-state index is 0.267. The van der Waals surface area contributed by atoms with Crippen molar-refractivity contribution in [3.8, 4) is 11.8 Å². The third-order valence-corrected chi connectivity index (χ3v) is 3.70. The van der Waals surface area contributed by atoms with Crippen LogP contribution >= 0.6 is 11.6 Å². The lowest BCUT2D eigenvalue weighted by Gasteiger charge is -2.25. The van der Waals surface area contributed by atoms with Crippen molar-refractivity contribution in [1.82, 2.24) is 9.97 Å². The van der Waals surface area contributed by atoms with E-state index in [4.69, 9.17) is 21.1 Å². The molecule has 1 aliphatic rings. The van der Waals surface area contributed by atoms with Gasteiger partial charge in [-0.1, -0.05) is 6.92 Å². The van der Waals surface area contributed by atoms with Gasteiger partial charge in [-0.2, -0.15) is 9.97 Å². The van der Waals surface area contributed by atoms with E-state index in [1.54, 1.807) is 20.3 Å². The van der Waals surface area contributed by atoms with Gasteiger partial charge < -0.3 is 14.4 Å². The Balaban J connectivity index is 2.32. The van der Waals surface area contributed by atoms with Crippen LogP contribution in [0.3, 0.4) is 0 Å². The second-order valence-corrected chi connectivity index (χ2v) is 4.74. The monoisotopic (exact) mass is 271 g/mol. The summed E-state index contributed by atoms with van der Waals surface area (Å²) in [4.78, 5) is 10.9. The first-order valence-corrected chi connectivity index (χ1v) is 6.52.